The van der Waals surface area contributed by atoms with E-state index < -0.39 is 0 Å². The van der Waals surface area contributed by atoms with Crippen molar-refractivity contribution >= 4 is 39.0 Å². The number of fused-ring (bicyclic) bond motifs is 6. The van der Waals surface area contributed by atoms with E-state index in [1.807, 2.05) is 12.1 Å². The van der Waals surface area contributed by atoms with Crippen LogP contribution in [0.25, 0.3) is 66.4 Å². The minimum absolute atomic E-state index is 0.0448. The van der Waals surface area contributed by atoms with Crippen LogP contribution >= 0.6 is 0 Å². The van der Waals surface area contributed by atoms with E-state index >= 15 is 0 Å². The molecule has 1 aliphatic rings. The second-order valence-electron chi connectivity index (χ2n) is 17.0. The molecule has 0 N–H and O–H groups in total. The van der Waals surface area contributed by atoms with Gasteiger partial charge in [0.1, 0.15) is 11.2 Å². The van der Waals surface area contributed by atoms with Crippen LogP contribution in [-0.2, 0) is 10.8 Å². The van der Waals surface area contributed by atoms with Gasteiger partial charge in [0.25, 0.3) is 0 Å². The molecule has 0 bridgehead atoms. The van der Waals surface area contributed by atoms with Gasteiger partial charge in [-0.15, -0.1) is 0 Å². The number of benzene rings is 8. The van der Waals surface area contributed by atoms with Gasteiger partial charge in [-0.1, -0.05) is 162 Å². The van der Waals surface area contributed by atoms with Crippen molar-refractivity contribution in [3.63, 3.8) is 0 Å². The van der Waals surface area contributed by atoms with Gasteiger partial charge in [-0.2, -0.15) is 0 Å². The van der Waals surface area contributed by atoms with Crippen molar-refractivity contribution in [2.24, 2.45) is 0 Å². The molecular weight excluding hydrogens is 691 g/mol. The van der Waals surface area contributed by atoms with Gasteiger partial charge in [0.15, 0.2) is 0 Å². The maximum absolute atomic E-state index is 6.13. The molecule has 57 heavy (non-hydrogen) atoms. The van der Waals surface area contributed by atoms with E-state index in [2.05, 4.69) is 209 Å². The van der Waals surface area contributed by atoms with Gasteiger partial charge >= 0.3 is 0 Å². The molecule has 276 valence electrons. The second kappa shape index (κ2) is 13.2. The predicted molar refractivity (Wildman–Crippen MR) is 241 cm³/mol. The first-order valence-electron chi connectivity index (χ1n) is 20.0. The summed E-state index contributed by atoms with van der Waals surface area (Å²) in [6.45, 7) is 11.6. The summed E-state index contributed by atoms with van der Waals surface area (Å²) in [5, 5.41) is 2.28. The maximum Gasteiger partial charge on any atom is 0.135 e. The van der Waals surface area contributed by atoms with Gasteiger partial charge < -0.3 is 9.32 Å². The molecule has 2 nitrogen and oxygen atoms in total. The quantitative estimate of drug-likeness (QED) is 0.169. The fraction of sp³-hybridized carbons (Fsp3) is 0.127. The average molecular weight is 736 g/mol. The topological polar surface area (TPSA) is 16.4 Å². The number of para-hydroxylation sites is 2. The van der Waals surface area contributed by atoms with Crippen molar-refractivity contribution in [2.75, 3.05) is 4.90 Å². The number of hydrogen-bond acceptors (Lipinski definition) is 2. The van der Waals surface area contributed by atoms with Crippen LogP contribution in [-0.4, -0.2) is 0 Å². The lowest BCUT2D eigenvalue weighted by molar-refractivity contribution is 0.584. The first kappa shape index (κ1) is 34.8. The number of rotatable bonds is 6. The summed E-state index contributed by atoms with van der Waals surface area (Å²) in [6, 6.07) is 66.4. The molecule has 2 heteroatoms. The minimum Gasteiger partial charge on any atom is -0.456 e. The largest absolute Gasteiger partial charge is 0.456 e. The third kappa shape index (κ3) is 5.95. The van der Waals surface area contributed by atoms with Crippen LogP contribution in [0.1, 0.15) is 51.3 Å². The Hall–Kier alpha value is -6.64. The molecule has 0 saturated heterocycles. The Kier molecular flexibility index (Phi) is 8.09. The number of anilines is 3. The Morgan fingerprint density at radius 3 is 1.74 bits per heavy atom. The van der Waals surface area contributed by atoms with Crippen LogP contribution in [0.3, 0.4) is 0 Å². The lowest BCUT2D eigenvalue weighted by Gasteiger charge is -2.28. The van der Waals surface area contributed by atoms with Crippen molar-refractivity contribution < 1.29 is 4.42 Å². The molecule has 1 aliphatic carbocycles. The van der Waals surface area contributed by atoms with Gasteiger partial charge in [0.05, 0.1) is 5.69 Å². The van der Waals surface area contributed by atoms with Gasteiger partial charge in [0, 0.05) is 33.1 Å². The smallest absolute Gasteiger partial charge is 0.135 e. The van der Waals surface area contributed by atoms with Crippen LogP contribution in [0, 0.1) is 0 Å². The summed E-state index contributed by atoms with van der Waals surface area (Å²) in [4.78, 5) is 2.39. The van der Waals surface area contributed by atoms with Gasteiger partial charge in [-0.25, -0.2) is 0 Å². The van der Waals surface area contributed by atoms with Crippen molar-refractivity contribution in [2.45, 2.75) is 45.4 Å². The van der Waals surface area contributed by atoms with Crippen LogP contribution < -0.4 is 4.90 Å². The van der Waals surface area contributed by atoms with Crippen molar-refractivity contribution in [1.29, 1.82) is 0 Å². The molecule has 0 spiro atoms. The zero-order chi connectivity index (χ0) is 38.9. The molecule has 0 atom stereocenters. The van der Waals surface area contributed by atoms with Gasteiger partial charge in [-0.3, -0.25) is 0 Å². The third-order valence-corrected chi connectivity index (χ3v) is 12.1. The Balaban J connectivity index is 1.04. The summed E-state index contributed by atoms with van der Waals surface area (Å²) in [7, 11) is 0. The summed E-state index contributed by atoms with van der Waals surface area (Å²) in [5.41, 5.74) is 19.2. The van der Waals surface area contributed by atoms with E-state index in [0.717, 1.165) is 50.1 Å². The van der Waals surface area contributed by atoms with E-state index in [4.69, 9.17) is 4.42 Å². The molecule has 8 aromatic carbocycles. The first-order chi connectivity index (χ1) is 27.6. The normalized spacial score (nSPS) is 13.1. The van der Waals surface area contributed by atoms with E-state index in [9.17, 15) is 0 Å². The van der Waals surface area contributed by atoms with E-state index in [-0.39, 0.29) is 10.8 Å². The highest BCUT2D eigenvalue weighted by Gasteiger charge is 2.36. The molecule has 0 radical (unpaired) electrons. The Bertz CT molecular complexity index is 2940. The fourth-order valence-corrected chi connectivity index (χ4v) is 8.87. The predicted octanol–water partition coefficient (Wildman–Crippen LogP) is 15.7. The number of nitrogens with zero attached hydrogens (tertiary/aromatic N) is 1. The van der Waals surface area contributed by atoms with Crippen LogP contribution in [0.2, 0.25) is 0 Å². The van der Waals surface area contributed by atoms with E-state index in [1.54, 1.807) is 0 Å². The average Bonchev–Trinajstić information content (AvgIpc) is 3.72. The highest BCUT2D eigenvalue weighted by Crippen LogP contribution is 2.51. The molecule has 0 aliphatic heterocycles. The Morgan fingerprint density at radius 1 is 0.421 bits per heavy atom. The van der Waals surface area contributed by atoms with Gasteiger partial charge in [0.2, 0.25) is 0 Å². The molecule has 9 aromatic rings. The monoisotopic (exact) mass is 735 g/mol. The molecule has 0 unspecified atom stereocenters. The van der Waals surface area contributed by atoms with Crippen molar-refractivity contribution in [3.8, 4) is 44.5 Å². The minimum atomic E-state index is -0.0448. The fourth-order valence-electron chi connectivity index (χ4n) is 8.87. The summed E-state index contributed by atoms with van der Waals surface area (Å²) < 4.78 is 6.13. The molecule has 1 heterocycles. The molecule has 0 amide bonds. The Labute approximate surface area is 335 Å². The molecule has 1 aromatic heterocycles. The summed E-state index contributed by atoms with van der Waals surface area (Å²) in [6.07, 6.45) is 0. The Morgan fingerprint density at radius 2 is 1.02 bits per heavy atom. The first-order valence-corrected chi connectivity index (χ1v) is 20.0. The van der Waals surface area contributed by atoms with Crippen LogP contribution in [0.5, 0.6) is 0 Å². The van der Waals surface area contributed by atoms with E-state index in [0.29, 0.717) is 0 Å². The van der Waals surface area contributed by atoms with Crippen molar-refractivity contribution in [3.05, 3.63) is 199 Å². The third-order valence-electron chi connectivity index (χ3n) is 12.1. The van der Waals surface area contributed by atoms with Gasteiger partial charge in [-0.05, 0) is 116 Å². The zero-order valence-corrected chi connectivity index (χ0v) is 33.2. The molecule has 10 rings (SSSR count). The van der Waals surface area contributed by atoms with Crippen LogP contribution in [0.15, 0.2) is 186 Å². The highest BCUT2D eigenvalue weighted by atomic mass is 16.3. The van der Waals surface area contributed by atoms with Crippen LogP contribution in [0.4, 0.5) is 17.1 Å². The summed E-state index contributed by atoms with van der Waals surface area (Å²) in [5.74, 6) is 0. The lowest BCUT2D eigenvalue weighted by Crippen LogP contribution is -2.17. The standard InChI is InChI=1S/C55H45NO/c1-54(2,3)41-25-30-45-47-33-39(23-31-49(47)55(4,5)50(45)35-41)36-19-26-42(27-20-36)56(51-17-11-9-15-44(51)38-13-7-6-8-14-38)43-28-21-37(22-29-43)40-24-32-53-48(34-40)46-16-10-12-18-52(46)57-53/h6-35H,1-5H3. The zero-order valence-electron chi connectivity index (χ0n) is 33.2. The molecule has 0 saturated carbocycles. The number of hydrogen-bond donors (Lipinski definition) is 0. The summed E-state index contributed by atoms with van der Waals surface area (Å²) >= 11 is 0. The molecule has 0 fully saturated rings. The maximum atomic E-state index is 6.13. The number of furan rings is 1. The molecular formula is C55H45NO. The van der Waals surface area contributed by atoms with E-state index in [1.165, 1.54) is 50.1 Å². The highest BCUT2D eigenvalue weighted by molar-refractivity contribution is 6.06. The lowest BCUT2D eigenvalue weighted by atomic mass is 9.79. The van der Waals surface area contributed by atoms with Crippen molar-refractivity contribution in [1.82, 2.24) is 0 Å². The SMILES string of the molecule is CC(C)(C)c1ccc2c(c1)C(C)(C)c1ccc(-c3ccc(N(c4ccc(-c5ccc6oc7ccccc7c6c5)cc4)c4ccccc4-c4ccccc4)cc3)cc1-2. The second-order valence-corrected chi connectivity index (χ2v) is 17.0.